The van der Waals surface area contributed by atoms with Crippen molar-refractivity contribution in [2.45, 2.75) is 90.9 Å². The predicted molar refractivity (Wildman–Crippen MR) is 267 cm³/mol. The third-order valence-corrected chi connectivity index (χ3v) is 13.7. The second-order valence-electron chi connectivity index (χ2n) is 18.6. The second-order valence-corrected chi connectivity index (χ2v) is 18.6. The number of methoxy groups -OCH3 is 2. The van der Waals surface area contributed by atoms with Crippen LogP contribution in [0.25, 0.3) is 0 Å². The molecule has 68 heavy (non-hydrogen) atoms. The molecule has 10 heteroatoms. The van der Waals surface area contributed by atoms with Gasteiger partial charge in [-0.25, -0.2) is 8.78 Å². The van der Waals surface area contributed by atoms with Crippen LogP contribution in [-0.4, -0.2) is 95.7 Å². The van der Waals surface area contributed by atoms with Gasteiger partial charge < -0.3 is 9.47 Å². The maximum Gasteiger partial charge on any atom is 0.159 e. The number of ketones is 2. The molecule has 2 aliphatic heterocycles. The van der Waals surface area contributed by atoms with Gasteiger partial charge in [-0.05, 0) is 112 Å². The summed E-state index contributed by atoms with van der Waals surface area (Å²) in [4.78, 5) is 33.5. The van der Waals surface area contributed by atoms with Gasteiger partial charge in [0.15, 0.2) is 11.6 Å². The number of hydrogen-bond acceptors (Lipinski definition) is 8. The van der Waals surface area contributed by atoms with Crippen LogP contribution < -0.4 is 9.47 Å². The number of hydrogen-bond donors (Lipinski definition) is 0. The van der Waals surface area contributed by atoms with E-state index in [1.165, 1.54) is 12.1 Å². The predicted octanol–water partition coefficient (Wildman–Crippen LogP) is 11.4. The molecule has 2 fully saturated rings. The summed E-state index contributed by atoms with van der Waals surface area (Å²) in [5.41, 5.74) is 7.76. The molecule has 0 radical (unpaired) electrons. The van der Waals surface area contributed by atoms with E-state index in [4.69, 9.17) is 9.47 Å². The van der Waals surface area contributed by atoms with Gasteiger partial charge in [0.2, 0.25) is 0 Å². The molecule has 0 N–H and O–H groups in total. The van der Waals surface area contributed by atoms with E-state index in [0.717, 1.165) is 83.2 Å². The number of halogens is 2. The molecule has 0 aliphatic carbocycles. The van der Waals surface area contributed by atoms with Crippen molar-refractivity contribution in [3.8, 4) is 11.5 Å². The monoisotopic (exact) mass is 921 g/mol. The molecule has 8 nitrogen and oxygen atoms in total. The first-order valence-electron chi connectivity index (χ1n) is 23.7. The largest absolute Gasteiger partial charge is 0.497 e. The van der Waals surface area contributed by atoms with Crippen LogP contribution >= 0.6 is 0 Å². The Labute approximate surface area is 402 Å². The minimum Gasteiger partial charge on any atom is -0.497 e. The molecule has 2 saturated heterocycles. The molecule has 0 saturated carbocycles. The van der Waals surface area contributed by atoms with Gasteiger partial charge in [0, 0.05) is 80.1 Å². The normalized spacial score (nSPS) is 20.1. The molecule has 0 unspecified atom stereocenters. The smallest absolute Gasteiger partial charge is 0.159 e. The average Bonchev–Trinajstić information content (AvgIpc) is 3.33. The van der Waals surface area contributed by atoms with Crippen LogP contribution in [0, 0.1) is 11.6 Å². The number of rotatable bonds is 14. The lowest BCUT2D eigenvalue weighted by atomic mass is 9.92. The Hall–Kier alpha value is -6.04. The molecule has 356 valence electrons. The number of nitrogens with zero attached hydrogens (tertiary/aromatic N) is 4. The molecular weight excluding hydrogens is 855 g/mol. The summed E-state index contributed by atoms with van der Waals surface area (Å²) in [7, 11) is 3.37. The summed E-state index contributed by atoms with van der Waals surface area (Å²) in [5.74, 6) is 1.44. The Morgan fingerprint density at radius 3 is 1.41 bits per heavy atom. The number of Topliss-reactive ketones (excluding diaryl/α,β-unsaturated/α-hetero) is 2. The Kier molecular flexibility index (Phi) is 16.7. The number of ether oxygens (including phenoxy) is 2. The maximum atomic E-state index is 14.3. The van der Waals surface area contributed by atoms with Crippen molar-refractivity contribution in [1.29, 1.82) is 0 Å². The summed E-state index contributed by atoms with van der Waals surface area (Å²) in [6, 6.07) is 47.4. The van der Waals surface area contributed by atoms with Crippen molar-refractivity contribution in [2.24, 2.45) is 0 Å². The molecule has 6 aromatic rings. The van der Waals surface area contributed by atoms with E-state index in [1.807, 2.05) is 66.7 Å². The highest BCUT2D eigenvalue weighted by Crippen LogP contribution is 2.37. The van der Waals surface area contributed by atoms with Crippen LogP contribution in [0.15, 0.2) is 146 Å². The zero-order valence-electron chi connectivity index (χ0n) is 40.7. The Morgan fingerprint density at radius 2 is 0.971 bits per heavy atom. The van der Waals surface area contributed by atoms with Crippen LogP contribution in [0.4, 0.5) is 8.78 Å². The van der Waals surface area contributed by atoms with Crippen LogP contribution in [0.1, 0.15) is 108 Å². The van der Waals surface area contributed by atoms with Crippen molar-refractivity contribution in [3.05, 3.63) is 202 Å². The summed E-state index contributed by atoms with van der Waals surface area (Å²) in [5, 5.41) is 0. The van der Waals surface area contributed by atoms with Crippen LogP contribution in [0.5, 0.6) is 11.5 Å². The lowest BCUT2D eigenvalue weighted by molar-refractivity contribution is 0.0190. The van der Waals surface area contributed by atoms with E-state index in [2.05, 4.69) is 95.8 Å². The van der Waals surface area contributed by atoms with Crippen LogP contribution in [-0.2, 0) is 13.1 Å². The first kappa shape index (κ1) is 49.9. The van der Waals surface area contributed by atoms with Gasteiger partial charge in [-0.2, -0.15) is 0 Å². The maximum absolute atomic E-state index is 14.3. The van der Waals surface area contributed by atoms with E-state index < -0.39 is 0 Å². The molecule has 2 aliphatic rings. The third kappa shape index (κ3) is 12.2. The summed E-state index contributed by atoms with van der Waals surface area (Å²) in [6.45, 7) is 16.9. The lowest BCUT2D eigenvalue weighted by Crippen LogP contribution is -2.56. The minimum absolute atomic E-state index is 0.0177. The Bertz CT molecular complexity index is 2620. The zero-order chi connectivity index (χ0) is 48.5. The van der Waals surface area contributed by atoms with Gasteiger partial charge in [0.1, 0.15) is 23.1 Å². The second kappa shape index (κ2) is 22.8. The first-order valence-corrected chi connectivity index (χ1v) is 23.7. The highest BCUT2D eigenvalue weighted by atomic mass is 19.1. The Balaban J connectivity index is 0.000000201. The van der Waals surface area contributed by atoms with Gasteiger partial charge in [-0.1, -0.05) is 103 Å². The number of benzene rings is 6. The number of carbonyl (C=O) groups excluding carboxylic acids is 2. The molecule has 6 atom stereocenters. The standard InChI is InChI=1S/2C29H33FN2O2/c1-20-18-32(21(2)17-31(20)19-23-7-5-9-27(30)15-23)29(26-8-6-10-28(16-26)34-4)25-13-11-24(12-14-25)22(3)33;1-20-18-32(21(2)17-31(20)19-26-8-5-6-11-28(26)30)29(25-9-7-10-27(16-25)34-4)24-14-12-23(13-15-24)22(3)33/h2*5-16,20-21,29H,17-19H2,1-4H3/t2*20-,21+,29-/m11/s1. The molecule has 0 aromatic heterocycles. The average molecular weight is 921 g/mol. The molecule has 2 heterocycles. The third-order valence-electron chi connectivity index (χ3n) is 13.7. The number of carbonyl (C=O) groups is 2. The minimum atomic E-state index is -0.191. The fourth-order valence-corrected chi connectivity index (χ4v) is 9.90. The quantitative estimate of drug-likeness (QED) is 0.100. The Morgan fingerprint density at radius 1 is 0.515 bits per heavy atom. The van der Waals surface area contributed by atoms with Crippen molar-refractivity contribution < 1.29 is 27.8 Å². The molecule has 6 aromatic carbocycles. The first-order chi connectivity index (χ1) is 32.7. The fraction of sp³-hybridized carbons (Fsp3) is 0.345. The van der Waals surface area contributed by atoms with Crippen molar-refractivity contribution in [1.82, 2.24) is 19.6 Å². The van der Waals surface area contributed by atoms with Crippen molar-refractivity contribution >= 4 is 11.6 Å². The summed E-state index contributed by atoms with van der Waals surface area (Å²) < 4.78 is 39.1. The highest BCUT2D eigenvalue weighted by molar-refractivity contribution is 5.94. The van der Waals surface area contributed by atoms with Gasteiger partial charge >= 0.3 is 0 Å². The highest BCUT2D eigenvalue weighted by Gasteiger charge is 2.37. The van der Waals surface area contributed by atoms with Crippen molar-refractivity contribution in [3.63, 3.8) is 0 Å². The lowest BCUT2D eigenvalue weighted by Gasteiger charge is -2.47. The fourth-order valence-electron chi connectivity index (χ4n) is 9.90. The summed E-state index contributed by atoms with van der Waals surface area (Å²) in [6.07, 6.45) is 0. The zero-order valence-corrected chi connectivity index (χ0v) is 40.7. The van der Waals surface area contributed by atoms with Crippen molar-refractivity contribution in [2.75, 3.05) is 40.4 Å². The topological polar surface area (TPSA) is 65.6 Å². The van der Waals surface area contributed by atoms with Gasteiger partial charge in [-0.15, -0.1) is 0 Å². The van der Waals surface area contributed by atoms with Gasteiger partial charge in [0.05, 0.1) is 26.3 Å². The molecular formula is C58H66F2N4O4. The van der Waals surface area contributed by atoms with E-state index in [0.29, 0.717) is 18.2 Å². The number of piperazine rings is 2. The van der Waals surface area contributed by atoms with Crippen LogP contribution in [0.3, 0.4) is 0 Å². The molecule has 0 amide bonds. The van der Waals surface area contributed by atoms with Gasteiger partial charge in [-0.3, -0.25) is 29.2 Å². The molecule has 8 rings (SSSR count). The summed E-state index contributed by atoms with van der Waals surface area (Å²) >= 11 is 0. The molecule has 0 spiro atoms. The van der Waals surface area contributed by atoms with Crippen LogP contribution in [0.2, 0.25) is 0 Å². The van der Waals surface area contributed by atoms with E-state index >= 15 is 0 Å². The van der Waals surface area contributed by atoms with E-state index in [9.17, 15) is 18.4 Å². The molecule has 0 bridgehead atoms. The van der Waals surface area contributed by atoms with Gasteiger partial charge in [0.25, 0.3) is 0 Å². The van der Waals surface area contributed by atoms with E-state index in [-0.39, 0.29) is 53.4 Å². The SMILES string of the molecule is COc1cccc([C@@H](c2ccc(C(C)=O)cc2)N2C[C@@H](C)N(Cc3cccc(F)c3)C[C@@H]2C)c1.COc1cccc([C@@H](c2ccc(C(C)=O)cc2)N2C[C@@H](C)N(Cc3ccccc3F)C[C@@H]2C)c1. The van der Waals surface area contributed by atoms with E-state index in [1.54, 1.807) is 46.3 Å².